The van der Waals surface area contributed by atoms with Crippen molar-refractivity contribution in [1.29, 1.82) is 0 Å². The summed E-state index contributed by atoms with van der Waals surface area (Å²) in [6.07, 6.45) is 0.790. The third kappa shape index (κ3) is 3.93. The van der Waals surface area contributed by atoms with Crippen molar-refractivity contribution in [3.63, 3.8) is 0 Å². The summed E-state index contributed by atoms with van der Waals surface area (Å²) < 4.78 is 21.4. The van der Waals surface area contributed by atoms with Gasteiger partial charge in [-0.15, -0.1) is 5.10 Å². The van der Waals surface area contributed by atoms with E-state index in [0.717, 1.165) is 6.42 Å². The van der Waals surface area contributed by atoms with Crippen molar-refractivity contribution in [3.8, 4) is 11.4 Å². The molecule has 2 amide bonds. The SMILES string of the molecule is CC(C)n1nnnc1-c1ccc(NC(=O)N2CCCOCC2)cc1F. The van der Waals surface area contributed by atoms with Gasteiger partial charge in [-0.05, 0) is 48.9 Å². The molecule has 1 aliphatic heterocycles. The molecule has 25 heavy (non-hydrogen) atoms. The van der Waals surface area contributed by atoms with E-state index >= 15 is 0 Å². The van der Waals surface area contributed by atoms with E-state index in [9.17, 15) is 9.18 Å². The molecule has 0 radical (unpaired) electrons. The maximum atomic E-state index is 14.5. The van der Waals surface area contributed by atoms with E-state index < -0.39 is 5.82 Å². The van der Waals surface area contributed by atoms with Gasteiger partial charge in [0.25, 0.3) is 0 Å². The van der Waals surface area contributed by atoms with E-state index in [1.54, 1.807) is 21.7 Å². The maximum absolute atomic E-state index is 14.5. The van der Waals surface area contributed by atoms with Crippen LogP contribution >= 0.6 is 0 Å². The Kier molecular flexibility index (Phi) is 5.22. The second kappa shape index (κ2) is 7.56. The van der Waals surface area contributed by atoms with E-state index in [0.29, 0.717) is 43.4 Å². The molecule has 0 unspecified atom stereocenters. The molecule has 134 valence electrons. The zero-order valence-corrected chi connectivity index (χ0v) is 14.3. The number of benzene rings is 1. The monoisotopic (exact) mass is 348 g/mol. The van der Waals surface area contributed by atoms with Gasteiger partial charge in [0.1, 0.15) is 5.82 Å². The van der Waals surface area contributed by atoms with E-state index in [-0.39, 0.29) is 12.1 Å². The van der Waals surface area contributed by atoms with Gasteiger partial charge in [0.05, 0.1) is 18.2 Å². The van der Waals surface area contributed by atoms with Gasteiger partial charge in [0.2, 0.25) is 0 Å². The molecule has 1 aliphatic rings. The summed E-state index contributed by atoms with van der Waals surface area (Å²) in [5.41, 5.74) is 0.680. The number of carbonyl (C=O) groups is 1. The van der Waals surface area contributed by atoms with E-state index in [2.05, 4.69) is 20.8 Å². The van der Waals surface area contributed by atoms with Crippen LogP contribution in [0.5, 0.6) is 0 Å². The van der Waals surface area contributed by atoms with Crippen molar-refractivity contribution in [3.05, 3.63) is 24.0 Å². The summed E-state index contributed by atoms with van der Waals surface area (Å²) in [4.78, 5) is 14.0. The van der Waals surface area contributed by atoms with Gasteiger partial charge in [-0.25, -0.2) is 13.9 Å². The molecule has 1 saturated heterocycles. The highest BCUT2D eigenvalue weighted by Gasteiger charge is 2.18. The Morgan fingerprint density at radius 3 is 2.92 bits per heavy atom. The predicted molar refractivity (Wildman–Crippen MR) is 89.6 cm³/mol. The Morgan fingerprint density at radius 2 is 2.16 bits per heavy atom. The fourth-order valence-electron chi connectivity index (χ4n) is 2.64. The molecule has 2 heterocycles. The largest absolute Gasteiger partial charge is 0.380 e. The van der Waals surface area contributed by atoms with Crippen LogP contribution in [0.1, 0.15) is 26.3 Å². The van der Waals surface area contributed by atoms with Crippen LogP contribution in [0.2, 0.25) is 0 Å². The number of hydrogen-bond donors (Lipinski definition) is 1. The topological polar surface area (TPSA) is 85.2 Å². The average molecular weight is 348 g/mol. The van der Waals surface area contributed by atoms with E-state index in [1.807, 2.05) is 13.8 Å². The second-order valence-electron chi connectivity index (χ2n) is 6.12. The summed E-state index contributed by atoms with van der Waals surface area (Å²) in [5, 5.41) is 14.1. The molecule has 0 aliphatic carbocycles. The lowest BCUT2D eigenvalue weighted by Gasteiger charge is -2.20. The van der Waals surface area contributed by atoms with Crippen molar-refractivity contribution in [2.45, 2.75) is 26.3 Å². The zero-order chi connectivity index (χ0) is 17.8. The first-order valence-corrected chi connectivity index (χ1v) is 8.27. The van der Waals surface area contributed by atoms with Gasteiger partial charge in [-0.1, -0.05) is 0 Å². The van der Waals surface area contributed by atoms with Crippen LogP contribution in [0.3, 0.4) is 0 Å². The van der Waals surface area contributed by atoms with E-state index in [1.165, 1.54) is 6.07 Å². The molecule has 0 spiro atoms. The normalized spacial score (nSPS) is 15.3. The molecule has 1 fully saturated rings. The maximum Gasteiger partial charge on any atom is 0.321 e. The zero-order valence-electron chi connectivity index (χ0n) is 14.3. The molecule has 0 bridgehead atoms. The highest BCUT2D eigenvalue weighted by Crippen LogP contribution is 2.25. The molecule has 2 aromatic rings. The van der Waals surface area contributed by atoms with Gasteiger partial charge in [0.15, 0.2) is 5.82 Å². The number of nitrogens with one attached hydrogen (secondary N) is 1. The quantitative estimate of drug-likeness (QED) is 0.920. The molecule has 3 rings (SSSR count). The third-order valence-corrected chi connectivity index (χ3v) is 3.95. The van der Waals surface area contributed by atoms with Gasteiger partial charge in [-0.3, -0.25) is 0 Å². The Morgan fingerprint density at radius 1 is 1.32 bits per heavy atom. The molecular weight excluding hydrogens is 327 g/mol. The number of aromatic nitrogens is 4. The number of halogens is 1. The van der Waals surface area contributed by atoms with Crippen LogP contribution < -0.4 is 5.32 Å². The first-order chi connectivity index (χ1) is 12.1. The number of rotatable bonds is 3. The van der Waals surface area contributed by atoms with Crippen molar-refractivity contribution in [1.82, 2.24) is 25.1 Å². The fourth-order valence-corrected chi connectivity index (χ4v) is 2.64. The summed E-state index contributed by atoms with van der Waals surface area (Å²) in [7, 11) is 0. The molecule has 1 aromatic carbocycles. The summed E-state index contributed by atoms with van der Waals surface area (Å²) in [6.45, 7) is 6.13. The highest BCUT2D eigenvalue weighted by atomic mass is 19.1. The van der Waals surface area contributed by atoms with Gasteiger partial charge >= 0.3 is 6.03 Å². The molecule has 9 heteroatoms. The Labute approximate surface area is 145 Å². The number of carbonyl (C=O) groups excluding carboxylic acids is 1. The number of nitrogens with zero attached hydrogens (tertiary/aromatic N) is 5. The molecule has 1 N–H and O–H groups in total. The smallest absolute Gasteiger partial charge is 0.321 e. The number of urea groups is 1. The van der Waals surface area contributed by atoms with Crippen molar-refractivity contribution in [2.24, 2.45) is 0 Å². The number of anilines is 1. The van der Waals surface area contributed by atoms with Gasteiger partial charge in [-0.2, -0.15) is 0 Å². The van der Waals surface area contributed by atoms with Crippen LogP contribution in [-0.2, 0) is 4.74 Å². The molecule has 8 nitrogen and oxygen atoms in total. The first-order valence-electron chi connectivity index (χ1n) is 8.27. The third-order valence-electron chi connectivity index (χ3n) is 3.95. The predicted octanol–water partition coefficient (Wildman–Crippen LogP) is 2.31. The lowest BCUT2D eigenvalue weighted by molar-refractivity contribution is 0.144. The van der Waals surface area contributed by atoms with Crippen molar-refractivity contribution >= 4 is 11.7 Å². The van der Waals surface area contributed by atoms with Crippen LogP contribution in [0.4, 0.5) is 14.9 Å². The van der Waals surface area contributed by atoms with Gasteiger partial charge in [0, 0.05) is 25.4 Å². The van der Waals surface area contributed by atoms with Gasteiger partial charge < -0.3 is 15.0 Å². The van der Waals surface area contributed by atoms with Crippen molar-refractivity contribution in [2.75, 3.05) is 31.6 Å². The minimum atomic E-state index is -0.492. The molecular formula is C16H21FN6O2. The fraction of sp³-hybridized carbons (Fsp3) is 0.500. The number of ether oxygens (including phenoxy) is 1. The summed E-state index contributed by atoms with van der Waals surface area (Å²) in [6, 6.07) is 4.24. The Bertz CT molecular complexity index is 740. The second-order valence-corrected chi connectivity index (χ2v) is 6.12. The average Bonchev–Trinajstić information content (AvgIpc) is 2.89. The first kappa shape index (κ1) is 17.3. The number of amides is 2. The Hall–Kier alpha value is -2.55. The number of hydrogen-bond acceptors (Lipinski definition) is 5. The highest BCUT2D eigenvalue weighted by molar-refractivity contribution is 5.89. The molecule has 0 saturated carbocycles. The van der Waals surface area contributed by atoms with Crippen LogP contribution in [0.25, 0.3) is 11.4 Å². The summed E-state index contributed by atoms with van der Waals surface area (Å²) in [5.74, 6) is -0.135. The minimum Gasteiger partial charge on any atom is -0.380 e. The summed E-state index contributed by atoms with van der Waals surface area (Å²) >= 11 is 0. The Balaban J connectivity index is 1.75. The standard InChI is InChI=1S/C16H21FN6O2/c1-11(2)23-15(19-20-21-23)13-5-4-12(10-14(13)17)18-16(24)22-6-3-8-25-9-7-22/h4-5,10-11H,3,6-9H2,1-2H3,(H,18,24). The molecule has 1 aromatic heterocycles. The van der Waals surface area contributed by atoms with E-state index in [4.69, 9.17) is 4.74 Å². The van der Waals surface area contributed by atoms with Crippen LogP contribution in [0.15, 0.2) is 18.2 Å². The van der Waals surface area contributed by atoms with Crippen LogP contribution in [-0.4, -0.2) is 57.4 Å². The molecule has 0 atom stereocenters. The number of tetrazole rings is 1. The minimum absolute atomic E-state index is 0.00837. The van der Waals surface area contributed by atoms with Crippen LogP contribution in [0, 0.1) is 5.82 Å². The lowest BCUT2D eigenvalue weighted by Crippen LogP contribution is -2.36. The lowest BCUT2D eigenvalue weighted by atomic mass is 10.1. The van der Waals surface area contributed by atoms with Crippen molar-refractivity contribution < 1.29 is 13.9 Å².